The van der Waals surface area contributed by atoms with E-state index < -0.39 is 0 Å². The highest BCUT2D eigenvalue weighted by molar-refractivity contribution is 6.06. The number of benzene rings is 2. The zero-order valence-electron chi connectivity index (χ0n) is 16.4. The molecule has 2 aromatic rings. The van der Waals surface area contributed by atoms with E-state index in [9.17, 15) is 9.59 Å². The summed E-state index contributed by atoms with van der Waals surface area (Å²) in [7, 11) is 0. The first-order chi connectivity index (χ1) is 14.7. The van der Waals surface area contributed by atoms with E-state index in [-0.39, 0.29) is 35.5 Å². The van der Waals surface area contributed by atoms with Gasteiger partial charge in [0.2, 0.25) is 0 Å². The SMILES string of the molecule is O=C1[C@@H]2[C@H]3C=C[C@@H]([C@@H]4C[C@H]34)[C@@H]2C(=O)N1/N=C\c1ccccc1OCc1ccccc1. The molecule has 7 rings (SSSR count). The van der Waals surface area contributed by atoms with Crippen LogP contribution in [0.1, 0.15) is 17.5 Å². The Morgan fingerprint density at radius 3 is 2.23 bits per heavy atom. The highest BCUT2D eigenvalue weighted by atomic mass is 16.5. The van der Waals surface area contributed by atoms with Crippen LogP contribution in [0.5, 0.6) is 5.75 Å². The molecule has 4 aliphatic carbocycles. The molecule has 5 heteroatoms. The van der Waals surface area contributed by atoms with Crippen LogP contribution < -0.4 is 4.74 Å². The average molecular weight is 398 g/mol. The van der Waals surface area contributed by atoms with Gasteiger partial charge in [-0.3, -0.25) is 9.59 Å². The first-order valence-electron chi connectivity index (χ1n) is 10.6. The molecule has 0 N–H and O–H groups in total. The molecule has 2 saturated carbocycles. The highest BCUT2D eigenvalue weighted by Gasteiger charge is 2.67. The summed E-state index contributed by atoms with van der Waals surface area (Å²) in [6.45, 7) is 0.440. The van der Waals surface area contributed by atoms with Crippen molar-refractivity contribution in [3.05, 3.63) is 77.9 Å². The second-order valence-corrected chi connectivity index (χ2v) is 8.70. The molecule has 0 unspecified atom stereocenters. The van der Waals surface area contributed by atoms with Gasteiger partial charge in [-0.25, -0.2) is 0 Å². The number of imide groups is 1. The Bertz CT molecular complexity index is 1040. The number of carbonyl (C=O) groups excluding carboxylic acids is 2. The van der Waals surface area contributed by atoms with Crippen LogP contribution in [0, 0.1) is 35.5 Å². The lowest BCUT2D eigenvalue weighted by atomic mass is 9.63. The van der Waals surface area contributed by atoms with Gasteiger partial charge in [0.15, 0.2) is 0 Å². The third kappa shape index (κ3) is 2.65. The molecular formula is C25H22N2O3. The first kappa shape index (κ1) is 17.6. The van der Waals surface area contributed by atoms with Gasteiger partial charge in [-0.15, -0.1) is 0 Å². The van der Waals surface area contributed by atoms with Crippen molar-refractivity contribution in [2.24, 2.45) is 40.6 Å². The van der Waals surface area contributed by atoms with E-state index in [1.54, 1.807) is 6.21 Å². The van der Waals surface area contributed by atoms with Gasteiger partial charge in [0.1, 0.15) is 12.4 Å². The summed E-state index contributed by atoms with van der Waals surface area (Å²) < 4.78 is 5.96. The second kappa shape index (κ2) is 6.66. The van der Waals surface area contributed by atoms with Gasteiger partial charge in [0.25, 0.3) is 11.8 Å². The van der Waals surface area contributed by atoms with E-state index in [1.807, 2.05) is 54.6 Å². The molecule has 1 heterocycles. The molecule has 30 heavy (non-hydrogen) atoms. The lowest BCUT2D eigenvalue weighted by Crippen LogP contribution is -2.40. The number of amides is 2. The first-order valence-corrected chi connectivity index (χ1v) is 10.6. The molecule has 2 amide bonds. The molecule has 1 saturated heterocycles. The van der Waals surface area contributed by atoms with E-state index in [1.165, 1.54) is 0 Å². The van der Waals surface area contributed by atoms with Gasteiger partial charge in [0, 0.05) is 5.56 Å². The fraction of sp³-hybridized carbons (Fsp3) is 0.320. The summed E-state index contributed by atoms with van der Waals surface area (Å²) in [5.74, 6) is 1.54. The summed E-state index contributed by atoms with van der Waals surface area (Å²) in [6.07, 6.45) is 7.07. The number of hydrogen-bond acceptors (Lipinski definition) is 4. The summed E-state index contributed by atoms with van der Waals surface area (Å²) in [5.41, 5.74) is 1.81. The van der Waals surface area contributed by atoms with Crippen molar-refractivity contribution in [3.63, 3.8) is 0 Å². The average Bonchev–Trinajstić information content (AvgIpc) is 3.57. The van der Waals surface area contributed by atoms with Gasteiger partial charge in [-0.2, -0.15) is 10.1 Å². The van der Waals surface area contributed by atoms with E-state index in [0.29, 0.717) is 24.2 Å². The minimum absolute atomic E-state index is 0.145. The quantitative estimate of drug-likeness (QED) is 0.439. The number of rotatable bonds is 5. The summed E-state index contributed by atoms with van der Waals surface area (Å²) in [6, 6.07) is 17.5. The van der Waals surface area contributed by atoms with Crippen LogP contribution in [0.25, 0.3) is 0 Å². The maximum Gasteiger partial charge on any atom is 0.254 e. The largest absolute Gasteiger partial charge is 0.488 e. The van der Waals surface area contributed by atoms with Crippen molar-refractivity contribution >= 4 is 18.0 Å². The Hall–Kier alpha value is -3.21. The van der Waals surface area contributed by atoms with Crippen molar-refractivity contribution in [1.82, 2.24) is 5.01 Å². The maximum absolute atomic E-state index is 13.0. The van der Waals surface area contributed by atoms with Crippen LogP contribution in [-0.4, -0.2) is 23.0 Å². The normalized spacial score (nSPS) is 33.1. The Kier molecular flexibility index (Phi) is 3.91. The van der Waals surface area contributed by atoms with Crippen molar-refractivity contribution in [3.8, 4) is 5.75 Å². The van der Waals surface area contributed by atoms with Gasteiger partial charge in [-0.05, 0) is 47.8 Å². The van der Waals surface area contributed by atoms with Crippen LogP contribution in [0.15, 0.2) is 71.9 Å². The van der Waals surface area contributed by atoms with Crippen LogP contribution >= 0.6 is 0 Å². The highest BCUT2D eigenvalue weighted by Crippen LogP contribution is 2.65. The molecule has 6 atom stereocenters. The van der Waals surface area contributed by atoms with Crippen LogP contribution in [0.3, 0.4) is 0 Å². The molecule has 0 radical (unpaired) electrons. The number of carbonyl (C=O) groups is 2. The van der Waals surface area contributed by atoms with Crippen molar-refractivity contribution in [2.45, 2.75) is 13.0 Å². The topological polar surface area (TPSA) is 59.0 Å². The molecule has 3 fully saturated rings. The smallest absolute Gasteiger partial charge is 0.254 e. The van der Waals surface area contributed by atoms with E-state index in [0.717, 1.165) is 22.6 Å². The fourth-order valence-electron chi connectivity index (χ4n) is 5.63. The summed E-state index contributed by atoms with van der Waals surface area (Å²) in [4.78, 5) is 26.1. The van der Waals surface area contributed by atoms with Crippen molar-refractivity contribution < 1.29 is 14.3 Å². The molecule has 5 aliphatic rings. The molecule has 1 aliphatic heterocycles. The Labute approximate surface area is 175 Å². The molecular weight excluding hydrogens is 376 g/mol. The minimum Gasteiger partial charge on any atom is -0.488 e. The third-order valence-corrected chi connectivity index (χ3v) is 7.11. The lowest BCUT2D eigenvalue weighted by molar-refractivity contribution is -0.140. The number of hydrazone groups is 1. The number of nitrogens with zero attached hydrogens (tertiary/aromatic N) is 2. The second-order valence-electron chi connectivity index (χ2n) is 8.70. The summed E-state index contributed by atoms with van der Waals surface area (Å²) >= 11 is 0. The van der Waals surface area contributed by atoms with Gasteiger partial charge in [0.05, 0.1) is 18.1 Å². The minimum atomic E-state index is -0.224. The molecule has 5 nitrogen and oxygen atoms in total. The van der Waals surface area contributed by atoms with E-state index in [2.05, 4.69) is 17.3 Å². The van der Waals surface area contributed by atoms with Crippen LogP contribution in [0.2, 0.25) is 0 Å². The van der Waals surface area contributed by atoms with Crippen molar-refractivity contribution in [2.75, 3.05) is 0 Å². The Morgan fingerprint density at radius 1 is 0.900 bits per heavy atom. The predicted octanol–water partition coefficient (Wildman–Crippen LogP) is 3.65. The number of para-hydroxylation sites is 1. The van der Waals surface area contributed by atoms with Gasteiger partial charge >= 0.3 is 0 Å². The molecule has 0 aromatic heterocycles. The van der Waals surface area contributed by atoms with Gasteiger partial charge in [-0.1, -0.05) is 54.6 Å². The maximum atomic E-state index is 13.0. The third-order valence-electron chi connectivity index (χ3n) is 7.11. The lowest BCUT2D eigenvalue weighted by Gasteiger charge is -2.37. The Morgan fingerprint density at radius 2 is 1.53 bits per heavy atom. The van der Waals surface area contributed by atoms with E-state index in [4.69, 9.17) is 4.74 Å². The van der Waals surface area contributed by atoms with Crippen molar-refractivity contribution in [1.29, 1.82) is 0 Å². The Balaban J connectivity index is 1.22. The molecule has 150 valence electrons. The monoisotopic (exact) mass is 398 g/mol. The predicted molar refractivity (Wildman–Crippen MR) is 111 cm³/mol. The zero-order chi connectivity index (χ0) is 20.2. The molecule has 0 spiro atoms. The molecule has 2 bridgehead atoms. The van der Waals surface area contributed by atoms with Crippen LogP contribution in [0.4, 0.5) is 0 Å². The number of hydrogen-bond donors (Lipinski definition) is 0. The van der Waals surface area contributed by atoms with Gasteiger partial charge < -0.3 is 4.74 Å². The summed E-state index contributed by atoms with van der Waals surface area (Å²) in [5, 5.41) is 5.45. The molecule has 2 aromatic carbocycles. The van der Waals surface area contributed by atoms with E-state index >= 15 is 0 Å². The standard InChI is InChI=1S/C25H22N2O3/c28-24-22-17-10-11-18(20-12-19(17)20)23(22)25(29)27(24)26-13-16-8-4-5-9-21(16)30-14-15-6-2-1-3-7-15/h1-11,13,17-20,22-23H,12,14H2/b26-13-/t17-,18-,19-,20+,22-,23+/m0/s1. The number of ether oxygens (including phenoxy) is 1. The fourth-order valence-corrected chi connectivity index (χ4v) is 5.63. The number of allylic oxidation sites excluding steroid dienone is 2. The zero-order valence-corrected chi connectivity index (χ0v) is 16.4. The van der Waals surface area contributed by atoms with Crippen LogP contribution in [-0.2, 0) is 16.2 Å².